The molecule has 0 spiro atoms. The molecule has 3 rings (SSSR count). The summed E-state index contributed by atoms with van der Waals surface area (Å²) >= 11 is 4.83. The highest BCUT2D eigenvalue weighted by molar-refractivity contribution is 9.10. The number of hydrogen-bond donors (Lipinski definition) is 0. The van der Waals surface area contributed by atoms with E-state index in [4.69, 9.17) is 4.74 Å². The van der Waals surface area contributed by atoms with E-state index in [1.165, 1.54) is 11.8 Å². The second kappa shape index (κ2) is 7.31. The molecule has 23 heavy (non-hydrogen) atoms. The number of aromatic nitrogens is 2. The third-order valence-electron chi connectivity index (χ3n) is 3.61. The summed E-state index contributed by atoms with van der Waals surface area (Å²) in [7, 11) is 0. The molecule has 5 nitrogen and oxygen atoms in total. The summed E-state index contributed by atoms with van der Waals surface area (Å²) in [6, 6.07) is 7.33. The Labute approximate surface area is 147 Å². The van der Waals surface area contributed by atoms with Crippen LogP contribution in [0.15, 0.2) is 46.2 Å². The van der Waals surface area contributed by atoms with Gasteiger partial charge in [-0.3, -0.25) is 4.79 Å². The second-order valence-corrected chi connectivity index (χ2v) is 6.87. The topological polar surface area (TPSA) is 55.3 Å². The monoisotopic (exact) mass is 393 g/mol. The minimum absolute atomic E-state index is 0.0114. The van der Waals surface area contributed by atoms with Gasteiger partial charge in [0.1, 0.15) is 11.1 Å². The van der Waals surface area contributed by atoms with Crippen molar-refractivity contribution in [3.8, 4) is 5.88 Å². The van der Waals surface area contributed by atoms with Gasteiger partial charge in [-0.05, 0) is 40.4 Å². The molecule has 0 saturated carbocycles. The number of thioether (sulfide) groups is 1. The van der Waals surface area contributed by atoms with E-state index in [1.54, 1.807) is 18.5 Å². The van der Waals surface area contributed by atoms with Gasteiger partial charge in [-0.1, -0.05) is 0 Å². The number of hydrogen-bond acceptors (Lipinski definition) is 5. The van der Waals surface area contributed by atoms with Gasteiger partial charge in [-0.15, -0.1) is 11.8 Å². The van der Waals surface area contributed by atoms with Crippen LogP contribution in [0.25, 0.3) is 0 Å². The van der Waals surface area contributed by atoms with Crippen molar-refractivity contribution in [3.63, 3.8) is 0 Å². The van der Waals surface area contributed by atoms with Gasteiger partial charge < -0.3 is 9.64 Å². The quantitative estimate of drug-likeness (QED) is 0.746. The summed E-state index contributed by atoms with van der Waals surface area (Å²) in [5, 5.41) is 0.761. The molecule has 2 aromatic heterocycles. The first-order valence-corrected chi connectivity index (χ1v) is 9.25. The molecule has 1 unspecified atom stereocenters. The van der Waals surface area contributed by atoms with Gasteiger partial charge in [0, 0.05) is 35.9 Å². The summed E-state index contributed by atoms with van der Waals surface area (Å²) in [4.78, 5) is 22.9. The van der Waals surface area contributed by atoms with Gasteiger partial charge in [0.2, 0.25) is 5.88 Å². The smallest absolute Gasteiger partial charge is 0.256 e. The fourth-order valence-electron chi connectivity index (χ4n) is 2.50. The normalized spacial score (nSPS) is 17.3. The number of likely N-dealkylation sites (tertiary alicyclic amines) is 1. The van der Waals surface area contributed by atoms with Crippen molar-refractivity contribution in [1.29, 1.82) is 0 Å². The fraction of sp³-hybridized carbons (Fsp3) is 0.312. The minimum atomic E-state index is -0.0259. The van der Waals surface area contributed by atoms with E-state index < -0.39 is 0 Å². The van der Waals surface area contributed by atoms with Crippen LogP contribution >= 0.6 is 27.7 Å². The Morgan fingerprint density at radius 1 is 1.39 bits per heavy atom. The van der Waals surface area contributed by atoms with Crippen LogP contribution in [0.4, 0.5) is 0 Å². The van der Waals surface area contributed by atoms with Crippen molar-refractivity contribution in [3.05, 3.63) is 46.7 Å². The number of carbonyl (C=O) groups excluding carboxylic acids is 1. The van der Waals surface area contributed by atoms with Crippen LogP contribution in [-0.4, -0.2) is 46.2 Å². The summed E-state index contributed by atoms with van der Waals surface area (Å²) < 4.78 is 6.77. The molecule has 0 N–H and O–H groups in total. The van der Waals surface area contributed by atoms with E-state index >= 15 is 0 Å². The van der Waals surface area contributed by atoms with E-state index in [1.807, 2.05) is 29.4 Å². The van der Waals surface area contributed by atoms with Crippen molar-refractivity contribution in [2.45, 2.75) is 17.6 Å². The lowest BCUT2D eigenvalue weighted by molar-refractivity contribution is 0.0767. The van der Waals surface area contributed by atoms with E-state index in [0.717, 1.165) is 15.9 Å². The van der Waals surface area contributed by atoms with E-state index in [2.05, 4.69) is 25.9 Å². The number of halogens is 1. The average molecular weight is 394 g/mol. The van der Waals surface area contributed by atoms with Crippen molar-refractivity contribution in [2.24, 2.45) is 0 Å². The predicted octanol–water partition coefficient (Wildman–Crippen LogP) is 3.25. The third-order valence-corrected chi connectivity index (χ3v) is 4.80. The average Bonchev–Trinajstić information content (AvgIpc) is 3.05. The molecule has 1 saturated heterocycles. The Morgan fingerprint density at radius 3 is 3.00 bits per heavy atom. The molecule has 1 amide bonds. The van der Waals surface area contributed by atoms with E-state index in [9.17, 15) is 4.79 Å². The Morgan fingerprint density at radius 2 is 2.26 bits per heavy atom. The number of ether oxygens (including phenoxy) is 1. The minimum Gasteiger partial charge on any atom is -0.472 e. The molecule has 3 heterocycles. The van der Waals surface area contributed by atoms with E-state index in [-0.39, 0.29) is 12.0 Å². The zero-order valence-electron chi connectivity index (χ0n) is 12.6. The molecule has 7 heteroatoms. The first-order chi connectivity index (χ1) is 11.2. The molecule has 1 aliphatic heterocycles. The molecule has 2 aromatic rings. The Hall–Kier alpha value is -1.60. The maximum absolute atomic E-state index is 12.7. The van der Waals surface area contributed by atoms with Gasteiger partial charge in [0.25, 0.3) is 5.91 Å². The maximum Gasteiger partial charge on any atom is 0.256 e. The van der Waals surface area contributed by atoms with Gasteiger partial charge in [-0.25, -0.2) is 9.97 Å². The number of rotatable bonds is 4. The molecular weight excluding hydrogens is 378 g/mol. The van der Waals surface area contributed by atoms with E-state index in [0.29, 0.717) is 24.5 Å². The summed E-state index contributed by atoms with van der Waals surface area (Å²) in [5.41, 5.74) is 0.655. The lowest BCUT2D eigenvalue weighted by Crippen LogP contribution is -2.31. The highest BCUT2D eigenvalue weighted by atomic mass is 79.9. The van der Waals surface area contributed by atoms with Gasteiger partial charge in [0.15, 0.2) is 0 Å². The zero-order chi connectivity index (χ0) is 16.2. The van der Waals surface area contributed by atoms with Crippen molar-refractivity contribution in [1.82, 2.24) is 14.9 Å². The lowest BCUT2D eigenvalue weighted by Gasteiger charge is -2.18. The number of amides is 1. The number of pyridine rings is 2. The Balaban J connectivity index is 1.65. The highest BCUT2D eigenvalue weighted by Crippen LogP contribution is 2.23. The van der Waals surface area contributed by atoms with Crippen LogP contribution in [0, 0.1) is 0 Å². The van der Waals surface area contributed by atoms with Crippen LogP contribution in [0.2, 0.25) is 0 Å². The largest absolute Gasteiger partial charge is 0.472 e. The van der Waals surface area contributed by atoms with Crippen LogP contribution < -0.4 is 4.74 Å². The molecule has 1 atom stereocenters. The Kier molecular flexibility index (Phi) is 5.17. The molecule has 0 bridgehead atoms. The molecule has 1 fully saturated rings. The van der Waals surface area contributed by atoms with Crippen molar-refractivity contribution < 1.29 is 9.53 Å². The summed E-state index contributed by atoms with van der Waals surface area (Å²) in [5.74, 6) is 0.594. The predicted molar refractivity (Wildman–Crippen MR) is 92.9 cm³/mol. The molecule has 1 aliphatic rings. The third kappa shape index (κ3) is 3.84. The first-order valence-electron chi connectivity index (χ1n) is 7.24. The Bertz CT molecular complexity index is 696. The van der Waals surface area contributed by atoms with Crippen molar-refractivity contribution >= 4 is 33.6 Å². The summed E-state index contributed by atoms with van der Waals surface area (Å²) in [6.07, 6.45) is 6.11. The molecule has 0 radical (unpaired) electrons. The van der Waals surface area contributed by atoms with Gasteiger partial charge >= 0.3 is 0 Å². The lowest BCUT2D eigenvalue weighted by atomic mass is 10.2. The SMILES string of the molecule is CSc1ncccc1C(=O)N1CCC(Oc2ccc(Br)cn2)C1. The van der Waals surface area contributed by atoms with Crippen LogP contribution in [0.5, 0.6) is 5.88 Å². The first kappa shape index (κ1) is 16.3. The van der Waals surface area contributed by atoms with Crippen LogP contribution in [-0.2, 0) is 0 Å². The number of nitrogens with zero attached hydrogens (tertiary/aromatic N) is 3. The molecule has 120 valence electrons. The molecule has 0 aromatic carbocycles. The highest BCUT2D eigenvalue weighted by Gasteiger charge is 2.29. The van der Waals surface area contributed by atoms with Crippen LogP contribution in [0.3, 0.4) is 0 Å². The summed E-state index contributed by atoms with van der Waals surface area (Å²) in [6.45, 7) is 1.25. The van der Waals surface area contributed by atoms with Gasteiger partial charge in [0.05, 0.1) is 12.1 Å². The zero-order valence-corrected chi connectivity index (χ0v) is 15.0. The molecule has 0 aliphatic carbocycles. The number of carbonyl (C=O) groups is 1. The second-order valence-electron chi connectivity index (χ2n) is 5.15. The van der Waals surface area contributed by atoms with Crippen molar-refractivity contribution in [2.75, 3.05) is 19.3 Å². The maximum atomic E-state index is 12.7. The molecular formula is C16H16BrN3O2S. The fourth-order valence-corrected chi connectivity index (χ4v) is 3.27. The standard InChI is InChI=1S/C16H16BrN3O2S/c1-23-15-13(3-2-7-18-15)16(21)20-8-6-12(10-20)22-14-5-4-11(17)9-19-14/h2-5,7,9,12H,6,8,10H2,1H3. The van der Waals surface area contributed by atoms with Gasteiger partial charge in [-0.2, -0.15) is 0 Å². The van der Waals surface area contributed by atoms with Crippen LogP contribution in [0.1, 0.15) is 16.8 Å².